The van der Waals surface area contributed by atoms with E-state index in [1.54, 1.807) is 11.0 Å². The van der Waals surface area contributed by atoms with Gasteiger partial charge in [-0.1, -0.05) is 29.8 Å². The van der Waals surface area contributed by atoms with Crippen LogP contribution in [0.2, 0.25) is 0 Å². The fourth-order valence-electron chi connectivity index (χ4n) is 2.39. The summed E-state index contributed by atoms with van der Waals surface area (Å²) in [6, 6.07) is 15.7. The average Bonchev–Trinajstić information content (AvgIpc) is 3.08. The molecular formula is C18H18N4O. The van der Waals surface area contributed by atoms with E-state index >= 15 is 0 Å². The first kappa shape index (κ1) is 15.0. The number of benzene rings is 2. The first-order valence-corrected chi connectivity index (χ1v) is 7.51. The summed E-state index contributed by atoms with van der Waals surface area (Å²) in [6.07, 6.45) is 4.33. The van der Waals surface area contributed by atoms with Gasteiger partial charge >= 0.3 is 0 Å². The molecule has 0 aliphatic carbocycles. The number of hydrogen-bond acceptors (Lipinski definition) is 3. The van der Waals surface area contributed by atoms with Gasteiger partial charge in [0.25, 0.3) is 0 Å². The largest absolute Gasteiger partial charge is 0.326 e. The van der Waals surface area contributed by atoms with E-state index < -0.39 is 0 Å². The number of hydrogen-bond donors (Lipinski definition) is 1. The fourth-order valence-corrected chi connectivity index (χ4v) is 2.39. The molecule has 0 aliphatic heterocycles. The number of amides is 1. The maximum Gasteiger partial charge on any atom is 0.224 e. The Hall–Kier alpha value is -2.95. The number of nitrogens with zero attached hydrogens (tertiary/aromatic N) is 3. The van der Waals surface area contributed by atoms with E-state index in [4.69, 9.17) is 0 Å². The number of aromatic nitrogens is 3. The first-order valence-electron chi connectivity index (χ1n) is 7.51. The zero-order chi connectivity index (χ0) is 16.1. The second-order valence-corrected chi connectivity index (χ2v) is 5.42. The summed E-state index contributed by atoms with van der Waals surface area (Å²) in [5.74, 6) is 0.0139. The summed E-state index contributed by atoms with van der Waals surface area (Å²) in [7, 11) is 0. The maximum atomic E-state index is 12.0. The van der Waals surface area contributed by atoms with E-state index in [9.17, 15) is 4.79 Å². The number of carbonyl (C=O) groups excluding carboxylic acids is 1. The summed E-state index contributed by atoms with van der Waals surface area (Å²) in [4.78, 5) is 16.0. The molecule has 0 spiro atoms. The van der Waals surface area contributed by atoms with Crippen molar-refractivity contribution in [1.29, 1.82) is 0 Å². The molecule has 0 saturated heterocycles. The standard InChI is InChI=1S/C18H18N4O/c1-14-3-2-4-15(11-14)5-10-18(23)21-16-6-8-17(9-7-16)22-13-19-12-20-22/h2-4,6-9,11-13H,5,10H2,1H3,(H,21,23). The van der Waals surface area contributed by atoms with Crippen molar-refractivity contribution in [2.75, 3.05) is 5.32 Å². The smallest absolute Gasteiger partial charge is 0.224 e. The minimum absolute atomic E-state index is 0.0139. The Morgan fingerprint density at radius 1 is 1.17 bits per heavy atom. The highest BCUT2D eigenvalue weighted by atomic mass is 16.1. The van der Waals surface area contributed by atoms with Crippen LogP contribution in [-0.2, 0) is 11.2 Å². The summed E-state index contributed by atoms with van der Waals surface area (Å²) in [6.45, 7) is 2.06. The molecule has 0 aliphatic rings. The molecule has 1 amide bonds. The second kappa shape index (κ2) is 6.87. The van der Waals surface area contributed by atoms with E-state index in [0.29, 0.717) is 6.42 Å². The van der Waals surface area contributed by atoms with Gasteiger partial charge in [0, 0.05) is 12.1 Å². The molecule has 1 heterocycles. The van der Waals surface area contributed by atoms with Gasteiger partial charge in [-0.15, -0.1) is 0 Å². The lowest BCUT2D eigenvalue weighted by atomic mass is 10.1. The maximum absolute atomic E-state index is 12.0. The lowest BCUT2D eigenvalue weighted by Gasteiger charge is -2.07. The zero-order valence-electron chi connectivity index (χ0n) is 12.9. The number of carbonyl (C=O) groups is 1. The van der Waals surface area contributed by atoms with Crippen LogP contribution in [-0.4, -0.2) is 20.7 Å². The average molecular weight is 306 g/mol. The predicted molar refractivity (Wildman–Crippen MR) is 89.5 cm³/mol. The van der Waals surface area contributed by atoms with Crippen LogP contribution >= 0.6 is 0 Å². The molecule has 0 bridgehead atoms. The molecule has 0 fully saturated rings. The highest BCUT2D eigenvalue weighted by molar-refractivity contribution is 5.90. The molecule has 5 nitrogen and oxygen atoms in total. The molecule has 23 heavy (non-hydrogen) atoms. The SMILES string of the molecule is Cc1cccc(CCC(=O)Nc2ccc(-n3cncn3)cc2)c1. The molecule has 116 valence electrons. The molecule has 3 aromatic rings. The van der Waals surface area contributed by atoms with Gasteiger partial charge in [-0.25, -0.2) is 9.67 Å². The third-order valence-corrected chi connectivity index (χ3v) is 3.56. The molecule has 0 radical (unpaired) electrons. The van der Waals surface area contributed by atoms with Crippen LogP contribution in [0.5, 0.6) is 0 Å². The van der Waals surface area contributed by atoms with Gasteiger partial charge in [0.2, 0.25) is 5.91 Å². The van der Waals surface area contributed by atoms with Crippen molar-refractivity contribution in [1.82, 2.24) is 14.8 Å². The van der Waals surface area contributed by atoms with Crippen LogP contribution in [0.25, 0.3) is 5.69 Å². The molecule has 3 rings (SSSR count). The number of rotatable bonds is 5. The van der Waals surface area contributed by atoms with Crippen molar-refractivity contribution in [3.8, 4) is 5.69 Å². The Morgan fingerprint density at radius 3 is 2.70 bits per heavy atom. The van der Waals surface area contributed by atoms with Crippen molar-refractivity contribution in [3.05, 3.63) is 72.3 Å². The van der Waals surface area contributed by atoms with Crippen LogP contribution < -0.4 is 5.32 Å². The molecule has 0 saturated carbocycles. The van der Waals surface area contributed by atoms with Gasteiger partial charge in [-0.05, 0) is 43.2 Å². The highest BCUT2D eigenvalue weighted by Gasteiger charge is 2.04. The number of anilines is 1. The van der Waals surface area contributed by atoms with E-state index in [1.165, 1.54) is 17.5 Å². The third-order valence-electron chi connectivity index (χ3n) is 3.56. The monoisotopic (exact) mass is 306 g/mol. The Kier molecular flexibility index (Phi) is 4.47. The zero-order valence-corrected chi connectivity index (χ0v) is 12.9. The second-order valence-electron chi connectivity index (χ2n) is 5.42. The van der Waals surface area contributed by atoms with E-state index in [2.05, 4.69) is 34.5 Å². The molecule has 0 atom stereocenters. The van der Waals surface area contributed by atoms with Gasteiger partial charge in [-0.3, -0.25) is 4.79 Å². The normalized spacial score (nSPS) is 10.5. The van der Waals surface area contributed by atoms with Crippen LogP contribution in [0.15, 0.2) is 61.2 Å². The topological polar surface area (TPSA) is 59.8 Å². The van der Waals surface area contributed by atoms with E-state index in [-0.39, 0.29) is 5.91 Å². The van der Waals surface area contributed by atoms with E-state index in [0.717, 1.165) is 17.8 Å². The van der Waals surface area contributed by atoms with Crippen molar-refractivity contribution >= 4 is 11.6 Å². The summed E-state index contributed by atoms with van der Waals surface area (Å²) in [5.41, 5.74) is 4.08. The lowest BCUT2D eigenvalue weighted by Crippen LogP contribution is -2.12. The van der Waals surface area contributed by atoms with Gasteiger partial charge in [0.15, 0.2) is 0 Å². The predicted octanol–water partition coefficient (Wildman–Crippen LogP) is 3.15. The van der Waals surface area contributed by atoms with Gasteiger partial charge in [-0.2, -0.15) is 5.10 Å². The molecule has 5 heteroatoms. The quantitative estimate of drug-likeness (QED) is 0.787. The molecule has 2 aromatic carbocycles. The van der Waals surface area contributed by atoms with Crippen LogP contribution in [0, 0.1) is 6.92 Å². The highest BCUT2D eigenvalue weighted by Crippen LogP contribution is 2.13. The van der Waals surface area contributed by atoms with Crippen molar-refractivity contribution in [2.24, 2.45) is 0 Å². The molecule has 1 aromatic heterocycles. The van der Waals surface area contributed by atoms with Gasteiger partial charge < -0.3 is 5.32 Å². The first-order chi connectivity index (χ1) is 11.2. The number of aryl methyl sites for hydroxylation is 2. The van der Waals surface area contributed by atoms with Crippen molar-refractivity contribution < 1.29 is 4.79 Å². The Bertz CT molecular complexity index is 779. The Morgan fingerprint density at radius 2 is 2.00 bits per heavy atom. The molecule has 1 N–H and O–H groups in total. The number of nitrogens with one attached hydrogen (secondary N) is 1. The Labute approximate surface area is 135 Å². The summed E-state index contributed by atoms with van der Waals surface area (Å²) < 4.78 is 1.67. The van der Waals surface area contributed by atoms with Gasteiger partial charge in [0.05, 0.1) is 5.69 Å². The molecule has 0 unspecified atom stereocenters. The minimum atomic E-state index is 0.0139. The summed E-state index contributed by atoms with van der Waals surface area (Å²) in [5, 5.41) is 6.98. The van der Waals surface area contributed by atoms with Crippen molar-refractivity contribution in [3.63, 3.8) is 0 Å². The van der Waals surface area contributed by atoms with Crippen LogP contribution in [0.3, 0.4) is 0 Å². The lowest BCUT2D eigenvalue weighted by molar-refractivity contribution is -0.116. The van der Waals surface area contributed by atoms with E-state index in [1.807, 2.05) is 36.4 Å². The third kappa shape index (κ3) is 4.03. The molecular weight excluding hydrogens is 288 g/mol. The Balaban J connectivity index is 1.55. The summed E-state index contributed by atoms with van der Waals surface area (Å²) >= 11 is 0. The fraction of sp³-hybridized carbons (Fsp3) is 0.167. The van der Waals surface area contributed by atoms with Crippen molar-refractivity contribution in [2.45, 2.75) is 19.8 Å². The van der Waals surface area contributed by atoms with Gasteiger partial charge in [0.1, 0.15) is 12.7 Å². The minimum Gasteiger partial charge on any atom is -0.326 e. The van der Waals surface area contributed by atoms with Crippen LogP contribution in [0.1, 0.15) is 17.5 Å². The van der Waals surface area contributed by atoms with Crippen LogP contribution in [0.4, 0.5) is 5.69 Å².